The fraction of sp³-hybridized carbons (Fsp3) is 0.421. The number of hydrogen-bond acceptors (Lipinski definition) is 3. The minimum Gasteiger partial charge on any atom is -0.497 e. The molecule has 1 aromatic heterocycles. The molecule has 1 aromatic carbocycles. The topological polar surface area (TPSA) is 77.5 Å². The van der Waals surface area contributed by atoms with E-state index in [1.165, 1.54) is 0 Å². The molecule has 0 bridgehead atoms. The SMILES string of the molecule is CCCc1c(-c2ccc(OC)cc2)c(C(N)=O)c(C)n1CCCO. The second kappa shape index (κ2) is 8.02. The third-order valence-corrected chi connectivity index (χ3v) is 4.28. The van der Waals surface area contributed by atoms with Crippen molar-refractivity contribution in [2.75, 3.05) is 13.7 Å². The molecule has 5 heteroatoms. The van der Waals surface area contributed by atoms with E-state index in [0.29, 0.717) is 18.5 Å². The zero-order chi connectivity index (χ0) is 17.7. The van der Waals surface area contributed by atoms with Gasteiger partial charge in [-0.25, -0.2) is 0 Å². The summed E-state index contributed by atoms with van der Waals surface area (Å²) in [5.74, 6) is 0.353. The van der Waals surface area contributed by atoms with Crippen molar-refractivity contribution in [1.29, 1.82) is 0 Å². The minimum atomic E-state index is -0.418. The van der Waals surface area contributed by atoms with Crippen LogP contribution in [0.5, 0.6) is 5.75 Å². The van der Waals surface area contributed by atoms with Crippen LogP contribution in [0.2, 0.25) is 0 Å². The van der Waals surface area contributed by atoms with Crippen LogP contribution < -0.4 is 10.5 Å². The van der Waals surface area contributed by atoms with Crippen molar-refractivity contribution in [3.8, 4) is 16.9 Å². The fourth-order valence-corrected chi connectivity index (χ4v) is 3.20. The van der Waals surface area contributed by atoms with E-state index < -0.39 is 5.91 Å². The first-order valence-corrected chi connectivity index (χ1v) is 8.32. The number of nitrogens with zero attached hydrogens (tertiary/aromatic N) is 1. The van der Waals surface area contributed by atoms with Crippen LogP contribution in [0, 0.1) is 6.92 Å². The number of primary amides is 1. The van der Waals surface area contributed by atoms with E-state index in [0.717, 1.165) is 41.1 Å². The monoisotopic (exact) mass is 330 g/mol. The van der Waals surface area contributed by atoms with E-state index in [1.54, 1.807) is 7.11 Å². The maximum atomic E-state index is 12.1. The smallest absolute Gasteiger partial charge is 0.251 e. The van der Waals surface area contributed by atoms with E-state index in [-0.39, 0.29) is 6.61 Å². The number of amides is 1. The molecule has 0 saturated heterocycles. The Morgan fingerprint density at radius 2 is 1.96 bits per heavy atom. The number of benzene rings is 1. The average Bonchev–Trinajstić information content (AvgIpc) is 2.85. The molecule has 24 heavy (non-hydrogen) atoms. The summed E-state index contributed by atoms with van der Waals surface area (Å²) >= 11 is 0. The fourth-order valence-electron chi connectivity index (χ4n) is 3.20. The first-order valence-electron chi connectivity index (χ1n) is 8.32. The Hall–Kier alpha value is -2.27. The third-order valence-electron chi connectivity index (χ3n) is 4.28. The number of methoxy groups -OCH3 is 1. The number of hydrogen-bond donors (Lipinski definition) is 2. The van der Waals surface area contributed by atoms with Gasteiger partial charge < -0.3 is 20.1 Å². The molecule has 0 atom stereocenters. The van der Waals surface area contributed by atoms with Crippen molar-refractivity contribution in [2.24, 2.45) is 5.73 Å². The summed E-state index contributed by atoms with van der Waals surface area (Å²) in [4.78, 5) is 12.1. The highest BCUT2D eigenvalue weighted by Gasteiger charge is 2.24. The molecule has 2 aromatic rings. The van der Waals surface area contributed by atoms with Gasteiger partial charge in [0.25, 0.3) is 5.91 Å². The molecule has 0 unspecified atom stereocenters. The molecule has 0 aliphatic carbocycles. The summed E-state index contributed by atoms with van der Waals surface area (Å²) in [7, 11) is 1.63. The van der Waals surface area contributed by atoms with Crippen LogP contribution >= 0.6 is 0 Å². The van der Waals surface area contributed by atoms with Gasteiger partial charge in [-0.1, -0.05) is 25.5 Å². The third kappa shape index (κ3) is 3.46. The summed E-state index contributed by atoms with van der Waals surface area (Å²) in [5.41, 5.74) is 10.1. The average molecular weight is 330 g/mol. The predicted molar refractivity (Wildman–Crippen MR) is 95.4 cm³/mol. The number of aliphatic hydroxyl groups excluding tert-OH is 1. The lowest BCUT2D eigenvalue weighted by Gasteiger charge is -2.12. The lowest BCUT2D eigenvalue weighted by molar-refractivity contribution is 0.1000. The Balaban J connectivity index is 2.67. The molecule has 0 fully saturated rings. The Labute approximate surface area is 143 Å². The van der Waals surface area contributed by atoms with Gasteiger partial charge in [0.05, 0.1) is 12.7 Å². The van der Waals surface area contributed by atoms with Gasteiger partial charge in [0.1, 0.15) is 5.75 Å². The van der Waals surface area contributed by atoms with E-state index in [9.17, 15) is 9.90 Å². The van der Waals surface area contributed by atoms with Gasteiger partial charge >= 0.3 is 0 Å². The van der Waals surface area contributed by atoms with Crippen LogP contribution in [0.15, 0.2) is 24.3 Å². The largest absolute Gasteiger partial charge is 0.497 e. The van der Waals surface area contributed by atoms with Gasteiger partial charge in [-0.05, 0) is 37.5 Å². The first kappa shape index (κ1) is 18.1. The van der Waals surface area contributed by atoms with Gasteiger partial charge in [0.2, 0.25) is 0 Å². The van der Waals surface area contributed by atoms with Crippen molar-refractivity contribution in [3.63, 3.8) is 0 Å². The molecule has 0 spiro atoms. The van der Waals surface area contributed by atoms with Crippen molar-refractivity contribution in [2.45, 2.75) is 39.7 Å². The Kier molecular flexibility index (Phi) is 6.04. The van der Waals surface area contributed by atoms with Gasteiger partial charge in [-0.15, -0.1) is 0 Å². The molecule has 0 aliphatic heterocycles. The molecule has 1 amide bonds. The quantitative estimate of drug-likeness (QED) is 0.781. The zero-order valence-electron chi connectivity index (χ0n) is 14.6. The Morgan fingerprint density at radius 1 is 1.29 bits per heavy atom. The Bertz CT molecular complexity index is 702. The molecular formula is C19H26N2O3. The van der Waals surface area contributed by atoms with Crippen molar-refractivity contribution in [3.05, 3.63) is 41.2 Å². The van der Waals surface area contributed by atoms with Crippen molar-refractivity contribution < 1.29 is 14.6 Å². The maximum absolute atomic E-state index is 12.1. The number of carbonyl (C=O) groups is 1. The number of nitrogens with two attached hydrogens (primary N) is 1. The van der Waals surface area contributed by atoms with Gasteiger partial charge in [0.15, 0.2) is 0 Å². The summed E-state index contributed by atoms with van der Waals surface area (Å²) in [5, 5.41) is 9.18. The van der Waals surface area contributed by atoms with Crippen LogP contribution in [0.4, 0.5) is 0 Å². The highest BCUT2D eigenvalue weighted by atomic mass is 16.5. The molecule has 0 radical (unpaired) electrons. The van der Waals surface area contributed by atoms with Crippen LogP contribution in [0.25, 0.3) is 11.1 Å². The molecule has 2 rings (SSSR count). The number of aromatic nitrogens is 1. The van der Waals surface area contributed by atoms with Gasteiger partial charge in [0, 0.05) is 30.1 Å². The highest BCUT2D eigenvalue weighted by molar-refractivity contribution is 6.02. The zero-order valence-corrected chi connectivity index (χ0v) is 14.6. The summed E-state index contributed by atoms with van der Waals surface area (Å²) < 4.78 is 7.34. The van der Waals surface area contributed by atoms with Crippen LogP contribution in [-0.4, -0.2) is 29.3 Å². The second-order valence-corrected chi connectivity index (χ2v) is 5.85. The summed E-state index contributed by atoms with van der Waals surface area (Å²) in [6.45, 7) is 4.82. The Morgan fingerprint density at radius 3 is 2.46 bits per heavy atom. The van der Waals surface area contributed by atoms with Crippen molar-refractivity contribution >= 4 is 5.91 Å². The van der Waals surface area contributed by atoms with E-state index in [4.69, 9.17) is 10.5 Å². The normalized spacial score (nSPS) is 10.8. The summed E-state index contributed by atoms with van der Waals surface area (Å²) in [6.07, 6.45) is 2.46. The molecule has 0 aliphatic rings. The van der Waals surface area contributed by atoms with E-state index >= 15 is 0 Å². The van der Waals surface area contributed by atoms with Gasteiger partial charge in [-0.3, -0.25) is 4.79 Å². The standard InChI is InChI=1S/C19H26N2O3/c1-4-6-16-18(14-7-9-15(24-3)10-8-14)17(19(20)23)13(2)21(16)11-5-12-22/h7-10,22H,4-6,11-12H2,1-3H3,(H2,20,23). The molecule has 1 heterocycles. The number of rotatable bonds is 8. The molecule has 3 N–H and O–H groups in total. The van der Waals surface area contributed by atoms with Crippen LogP contribution in [0.3, 0.4) is 0 Å². The number of aliphatic hydroxyl groups is 1. The lowest BCUT2D eigenvalue weighted by Crippen LogP contribution is -2.13. The molecule has 5 nitrogen and oxygen atoms in total. The predicted octanol–water partition coefficient (Wildman–Crippen LogP) is 2.91. The van der Waals surface area contributed by atoms with Crippen LogP contribution in [-0.2, 0) is 13.0 Å². The van der Waals surface area contributed by atoms with Crippen LogP contribution in [0.1, 0.15) is 41.5 Å². The van der Waals surface area contributed by atoms with Gasteiger partial charge in [-0.2, -0.15) is 0 Å². The molecular weight excluding hydrogens is 304 g/mol. The van der Waals surface area contributed by atoms with E-state index in [2.05, 4.69) is 11.5 Å². The molecule has 130 valence electrons. The summed E-state index contributed by atoms with van der Waals surface area (Å²) in [6, 6.07) is 7.68. The number of ether oxygens (including phenoxy) is 1. The van der Waals surface area contributed by atoms with E-state index in [1.807, 2.05) is 31.2 Å². The number of carbonyl (C=O) groups excluding carboxylic acids is 1. The second-order valence-electron chi connectivity index (χ2n) is 5.85. The minimum absolute atomic E-state index is 0.118. The first-order chi connectivity index (χ1) is 11.5. The highest BCUT2D eigenvalue weighted by Crippen LogP contribution is 2.34. The molecule has 0 saturated carbocycles. The maximum Gasteiger partial charge on any atom is 0.251 e. The lowest BCUT2D eigenvalue weighted by atomic mass is 9.98. The van der Waals surface area contributed by atoms with Crippen molar-refractivity contribution in [1.82, 2.24) is 4.57 Å².